The van der Waals surface area contributed by atoms with Crippen LogP contribution in [0.1, 0.15) is 5.69 Å². The van der Waals surface area contributed by atoms with Crippen molar-refractivity contribution in [2.75, 3.05) is 24.8 Å². The standard InChI is InChI=1S/C21H18FN3O5S/c1-29-17-7-2-12(10-15(17)22)20-24-16-8-9-31(28)19(16)21(25-20)23-13-3-5-14(6-4-13)30-11-18(26)27/h2-7,10H,8-9,11H2,1H3,(H,26,27)(H,23,24,25)/t31-/m1/s1. The van der Waals surface area contributed by atoms with E-state index in [9.17, 15) is 13.4 Å². The first-order valence-electron chi connectivity index (χ1n) is 9.29. The number of nitrogens with zero attached hydrogens (tertiary/aromatic N) is 2. The number of rotatable bonds is 7. The molecule has 0 bridgehead atoms. The first kappa shape index (κ1) is 20.7. The second-order valence-electron chi connectivity index (χ2n) is 6.65. The van der Waals surface area contributed by atoms with E-state index in [4.69, 9.17) is 14.6 Å². The Morgan fingerprint density at radius 1 is 1.23 bits per heavy atom. The molecule has 0 radical (unpaired) electrons. The fourth-order valence-electron chi connectivity index (χ4n) is 3.13. The maximum atomic E-state index is 14.2. The van der Waals surface area contributed by atoms with E-state index in [-0.39, 0.29) is 5.75 Å². The van der Waals surface area contributed by atoms with Gasteiger partial charge in [0.2, 0.25) is 0 Å². The van der Waals surface area contributed by atoms with Crippen molar-refractivity contribution < 1.29 is 28.0 Å². The highest BCUT2D eigenvalue weighted by atomic mass is 32.2. The first-order chi connectivity index (χ1) is 14.9. The van der Waals surface area contributed by atoms with E-state index in [2.05, 4.69) is 15.3 Å². The fraction of sp³-hybridized carbons (Fsp3) is 0.190. The van der Waals surface area contributed by atoms with Crippen molar-refractivity contribution in [1.29, 1.82) is 0 Å². The van der Waals surface area contributed by atoms with E-state index < -0.39 is 29.2 Å². The zero-order chi connectivity index (χ0) is 22.0. The summed E-state index contributed by atoms with van der Waals surface area (Å²) in [5.41, 5.74) is 1.77. The van der Waals surface area contributed by atoms with Crippen molar-refractivity contribution in [2.24, 2.45) is 0 Å². The second kappa shape index (κ2) is 8.68. The molecule has 2 aromatic carbocycles. The number of halogens is 1. The summed E-state index contributed by atoms with van der Waals surface area (Å²) >= 11 is 0. The molecule has 31 heavy (non-hydrogen) atoms. The number of fused-ring (bicyclic) bond motifs is 1. The molecule has 1 atom stereocenters. The van der Waals surface area contributed by atoms with E-state index in [1.807, 2.05) is 0 Å². The molecule has 10 heteroatoms. The lowest BCUT2D eigenvalue weighted by atomic mass is 10.2. The molecule has 160 valence electrons. The van der Waals surface area contributed by atoms with Crippen LogP contribution < -0.4 is 14.8 Å². The number of anilines is 2. The van der Waals surface area contributed by atoms with Crippen molar-refractivity contribution in [1.82, 2.24) is 9.97 Å². The lowest BCUT2D eigenvalue weighted by Crippen LogP contribution is -2.09. The summed E-state index contributed by atoms with van der Waals surface area (Å²) in [5, 5.41) is 11.8. The van der Waals surface area contributed by atoms with Crippen LogP contribution in [0.4, 0.5) is 15.9 Å². The van der Waals surface area contributed by atoms with Gasteiger partial charge in [-0.15, -0.1) is 0 Å². The lowest BCUT2D eigenvalue weighted by Gasteiger charge is -2.13. The van der Waals surface area contributed by atoms with Gasteiger partial charge in [0.05, 0.1) is 23.6 Å². The zero-order valence-electron chi connectivity index (χ0n) is 16.4. The van der Waals surface area contributed by atoms with Gasteiger partial charge >= 0.3 is 5.97 Å². The van der Waals surface area contributed by atoms with Gasteiger partial charge < -0.3 is 19.9 Å². The number of carbonyl (C=O) groups is 1. The average molecular weight is 443 g/mol. The minimum absolute atomic E-state index is 0.120. The summed E-state index contributed by atoms with van der Waals surface area (Å²) in [7, 11) is 0.147. The molecule has 0 unspecified atom stereocenters. The zero-order valence-corrected chi connectivity index (χ0v) is 17.2. The van der Waals surface area contributed by atoms with Gasteiger partial charge in [0.1, 0.15) is 10.6 Å². The van der Waals surface area contributed by atoms with Crippen LogP contribution in [0.25, 0.3) is 11.4 Å². The molecule has 3 aromatic rings. The Bertz CT molecular complexity index is 1170. The van der Waals surface area contributed by atoms with E-state index >= 15 is 0 Å². The molecule has 1 aliphatic heterocycles. The molecular formula is C21H18FN3O5S. The van der Waals surface area contributed by atoms with Gasteiger partial charge in [-0.3, -0.25) is 4.21 Å². The minimum atomic E-state index is -1.24. The number of carboxylic acid groups (broad SMARTS) is 1. The van der Waals surface area contributed by atoms with Crippen LogP contribution >= 0.6 is 0 Å². The van der Waals surface area contributed by atoms with Crippen molar-refractivity contribution >= 4 is 28.3 Å². The lowest BCUT2D eigenvalue weighted by molar-refractivity contribution is -0.139. The number of methoxy groups -OCH3 is 1. The monoisotopic (exact) mass is 443 g/mol. The number of hydrogen-bond acceptors (Lipinski definition) is 7. The second-order valence-corrected chi connectivity index (χ2v) is 8.16. The van der Waals surface area contributed by atoms with Gasteiger partial charge in [0, 0.05) is 23.4 Å². The van der Waals surface area contributed by atoms with E-state index in [0.29, 0.717) is 51.4 Å². The molecule has 0 fully saturated rings. The molecule has 2 N–H and O–H groups in total. The number of nitrogens with one attached hydrogen (secondary N) is 1. The van der Waals surface area contributed by atoms with Gasteiger partial charge in [-0.05, 0) is 42.5 Å². The van der Waals surface area contributed by atoms with Crippen LogP contribution in [0, 0.1) is 5.82 Å². The molecule has 0 amide bonds. The van der Waals surface area contributed by atoms with E-state index in [1.165, 1.54) is 19.2 Å². The Kier molecular flexibility index (Phi) is 5.81. The predicted molar refractivity (Wildman–Crippen MR) is 112 cm³/mol. The highest BCUT2D eigenvalue weighted by molar-refractivity contribution is 7.85. The molecule has 0 aliphatic carbocycles. The molecule has 0 saturated carbocycles. The highest BCUT2D eigenvalue weighted by Crippen LogP contribution is 2.33. The molecule has 4 rings (SSSR count). The van der Waals surface area contributed by atoms with Crippen LogP contribution in [0.15, 0.2) is 47.4 Å². The summed E-state index contributed by atoms with van der Waals surface area (Å²) in [4.78, 5) is 20.2. The summed E-state index contributed by atoms with van der Waals surface area (Å²) in [5.74, 6) is 0.0619. The van der Waals surface area contributed by atoms with Crippen LogP contribution in [-0.4, -0.2) is 44.7 Å². The topological polar surface area (TPSA) is 111 Å². The SMILES string of the molecule is COc1ccc(-c2nc3c(c(Nc4ccc(OCC(=O)O)cc4)n2)[S@](=O)CC3)cc1F. The number of carboxylic acids is 1. The average Bonchev–Trinajstić information content (AvgIpc) is 3.14. The molecule has 2 heterocycles. The van der Waals surface area contributed by atoms with Crippen molar-refractivity contribution in [2.45, 2.75) is 11.3 Å². The number of ether oxygens (including phenoxy) is 2. The van der Waals surface area contributed by atoms with E-state index in [0.717, 1.165) is 0 Å². The van der Waals surface area contributed by atoms with Crippen molar-refractivity contribution in [3.8, 4) is 22.9 Å². The maximum Gasteiger partial charge on any atom is 0.341 e. The Hall–Kier alpha value is -3.53. The fourth-order valence-corrected chi connectivity index (χ4v) is 4.44. The Balaban J connectivity index is 1.66. The Morgan fingerprint density at radius 3 is 2.68 bits per heavy atom. The summed E-state index contributed by atoms with van der Waals surface area (Å²) < 4.78 is 36.8. The van der Waals surface area contributed by atoms with Crippen molar-refractivity contribution in [3.05, 3.63) is 54.0 Å². The molecule has 8 nitrogen and oxygen atoms in total. The van der Waals surface area contributed by atoms with Crippen LogP contribution in [0.3, 0.4) is 0 Å². The van der Waals surface area contributed by atoms with Crippen LogP contribution in [-0.2, 0) is 22.0 Å². The molecule has 1 aromatic heterocycles. The molecular weight excluding hydrogens is 425 g/mol. The summed E-state index contributed by atoms with van der Waals surface area (Å²) in [6, 6.07) is 11.1. The van der Waals surface area contributed by atoms with Gasteiger partial charge in [-0.2, -0.15) is 0 Å². The predicted octanol–water partition coefficient (Wildman–Crippen LogP) is 3.16. The number of aliphatic carboxylic acids is 1. The van der Waals surface area contributed by atoms with E-state index in [1.54, 1.807) is 30.3 Å². The normalized spacial score (nSPS) is 14.7. The Morgan fingerprint density at radius 2 is 2.00 bits per heavy atom. The number of benzene rings is 2. The van der Waals surface area contributed by atoms with Gasteiger partial charge in [0.25, 0.3) is 0 Å². The van der Waals surface area contributed by atoms with Crippen molar-refractivity contribution in [3.63, 3.8) is 0 Å². The van der Waals surface area contributed by atoms with Gasteiger partial charge in [0.15, 0.2) is 29.8 Å². The Labute approximate surface area is 179 Å². The summed E-state index contributed by atoms with van der Waals surface area (Å²) in [6.07, 6.45) is 0.534. The molecule has 0 saturated heterocycles. The minimum Gasteiger partial charge on any atom is -0.494 e. The summed E-state index contributed by atoms with van der Waals surface area (Å²) in [6.45, 7) is -0.438. The molecule has 1 aliphatic rings. The third kappa shape index (κ3) is 4.48. The van der Waals surface area contributed by atoms with Gasteiger partial charge in [-0.1, -0.05) is 0 Å². The first-order valence-corrected chi connectivity index (χ1v) is 10.6. The maximum absolute atomic E-state index is 14.2. The van der Waals surface area contributed by atoms with Crippen LogP contribution in [0.2, 0.25) is 0 Å². The third-order valence-corrected chi connectivity index (χ3v) is 6.04. The smallest absolute Gasteiger partial charge is 0.341 e. The molecule has 0 spiro atoms. The largest absolute Gasteiger partial charge is 0.494 e. The van der Waals surface area contributed by atoms with Crippen LogP contribution in [0.5, 0.6) is 11.5 Å². The third-order valence-electron chi connectivity index (χ3n) is 4.58. The number of hydrogen-bond donors (Lipinski definition) is 2. The van der Waals surface area contributed by atoms with Gasteiger partial charge in [-0.25, -0.2) is 19.2 Å². The quantitative estimate of drug-likeness (QED) is 0.573. The number of aromatic nitrogens is 2. The highest BCUT2D eigenvalue weighted by Gasteiger charge is 2.26. The number of aryl methyl sites for hydroxylation is 1.